The first-order chi connectivity index (χ1) is 9.92. The molecule has 20 heavy (non-hydrogen) atoms. The summed E-state index contributed by atoms with van der Waals surface area (Å²) in [7, 11) is 0. The average Bonchev–Trinajstić information content (AvgIpc) is 2.55. The van der Waals surface area contributed by atoms with Gasteiger partial charge in [0.25, 0.3) is 0 Å². The Morgan fingerprint density at radius 3 is 2.45 bits per heavy atom. The molecule has 1 aliphatic heterocycles. The average molecular weight is 267 g/mol. The number of rotatable bonds is 3. The molecule has 102 valence electrons. The van der Waals surface area contributed by atoms with Crippen LogP contribution in [-0.2, 0) is 0 Å². The molecule has 0 radical (unpaired) electrons. The highest BCUT2D eigenvalue weighted by atomic mass is 15.5. The Morgan fingerprint density at radius 1 is 0.950 bits per heavy atom. The fraction of sp³-hybridized carbons (Fsp3) is 0.267. The van der Waals surface area contributed by atoms with Crippen molar-refractivity contribution < 1.29 is 0 Å². The number of anilines is 1. The molecular formula is C15H17N5. The van der Waals surface area contributed by atoms with Crippen molar-refractivity contribution in [1.82, 2.24) is 15.0 Å². The second-order valence-corrected chi connectivity index (χ2v) is 4.65. The van der Waals surface area contributed by atoms with E-state index in [1.807, 2.05) is 36.7 Å². The zero-order valence-electron chi connectivity index (χ0n) is 11.3. The molecule has 3 rings (SSSR count). The van der Waals surface area contributed by atoms with E-state index in [-0.39, 0.29) is 0 Å². The van der Waals surface area contributed by atoms with Gasteiger partial charge in [-0.05, 0) is 29.8 Å². The molecule has 0 spiro atoms. The van der Waals surface area contributed by atoms with E-state index < -0.39 is 0 Å². The molecule has 0 saturated carbocycles. The normalized spacial score (nSPS) is 15.8. The Balaban J connectivity index is 1.55. The van der Waals surface area contributed by atoms with Crippen LogP contribution in [0, 0.1) is 0 Å². The number of nitrogens with zero attached hydrogens (tertiary/aromatic N) is 5. The van der Waals surface area contributed by atoms with Gasteiger partial charge in [-0.2, -0.15) is 5.10 Å². The fourth-order valence-electron chi connectivity index (χ4n) is 2.18. The molecule has 2 aromatic heterocycles. The highest BCUT2D eigenvalue weighted by molar-refractivity contribution is 5.78. The quantitative estimate of drug-likeness (QED) is 0.793. The summed E-state index contributed by atoms with van der Waals surface area (Å²) in [4.78, 5) is 10.7. The molecule has 1 saturated heterocycles. The lowest BCUT2D eigenvalue weighted by atomic mass is 10.3. The Hall–Kier alpha value is -2.43. The first-order valence-electron chi connectivity index (χ1n) is 6.77. The summed E-state index contributed by atoms with van der Waals surface area (Å²) in [6, 6.07) is 9.92. The van der Waals surface area contributed by atoms with Crippen LogP contribution in [0.3, 0.4) is 0 Å². The molecule has 3 heterocycles. The van der Waals surface area contributed by atoms with Crippen molar-refractivity contribution in [3.05, 3.63) is 54.5 Å². The van der Waals surface area contributed by atoms with Crippen LogP contribution in [-0.4, -0.2) is 47.4 Å². The van der Waals surface area contributed by atoms with Gasteiger partial charge < -0.3 is 4.90 Å². The lowest BCUT2D eigenvalue weighted by Gasteiger charge is -2.33. The van der Waals surface area contributed by atoms with E-state index in [1.165, 1.54) is 0 Å². The summed E-state index contributed by atoms with van der Waals surface area (Å²) in [5, 5.41) is 6.61. The standard InChI is InChI=1S/C15H17N5/c1-2-6-17-15(3-1)19-9-11-20(12-10-19)18-13-14-4-7-16-8-5-14/h1-8,13H,9-12H2/b18-13+. The third-order valence-corrected chi connectivity index (χ3v) is 3.31. The van der Waals surface area contributed by atoms with Crippen LogP contribution >= 0.6 is 0 Å². The van der Waals surface area contributed by atoms with E-state index in [0.717, 1.165) is 37.6 Å². The van der Waals surface area contributed by atoms with E-state index in [1.54, 1.807) is 12.4 Å². The number of hydrogen-bond donors (Lipinski definition) is 0. The molecule has 0 bridgehead atoms. The number of piperazine rings is 1. The van der Waals surface area contributed by atoms with Gasteiger partial charge in [0.1, 0.15) is 5.82 Å². The summed E-state index contributed by atoms with van der Waals surface area (Å²) in [5.74, 6) is 1.05. The van der Waals surface area contributed by atoms with Crippen LogP contribution in [0.2, 0.25) is 0 Å². The van der Waals surface area contributed by atoms with E-state index in [4.69, 9.17) is 0 Å². The Labute approximate surface area is 118 Å². The molecule has 0 aromatic carbocycles. The lowest BCUT2D eigenvalue weighted by molar-refractivity contribution is 0.271. The smallest absolute Gasteiger partial charge is 0.128 e. The molecule has 0 atom stereocenters. The maximum absolute atomic E-state index is 4.52. The van der Waals surface area contributed by atoms with Gasteiger partial charge in [0.2, 0.25) is 0 Å². The molecule has 0 unspecified atom stereocenters. The van der Waals surface area contributed by atoms with Gasteiger partial charge in [0.05, 0.1) is 19.3 Å². The lowest BCUT2D eigenvalue weighted by Crippen LogP contribution is -2.44. The van der Waals surface area contributed by atoms with Gasteiger partial charge in [0.15, 0.2) is 0 Å². The van der Waals surface area contributed by atoms with Crippen LogP contribution in [0.25, 0.3) is 0 Å². The molecular weight excluding hydrogens is 250 g/mol. The minimum atomic E-state index is 0.915. The van der Waals surface area contributed by atoms with E-state index in [2.05, 4.69) is 31.0 Å². The van der Waals surface area contributed by atoms with Gasteiger partial charge in [-0.3, -0.25) is 9.99 Å². The second kappa shape index (κ2) is 6.14. The third kappa shape index (κ3) is 3.12. The molecule has 0 N–H and O–H groups in total. The Bertz CT molecular complexity index is 547. The fourth-order valence-corrected chi connectivity index (χ4v) is 2.18. The van der Waals surface area contributed by atoms with Crippen LogP contribution in [0.4, 0.5) is 5.82 Å². The molecule has 5 heteroatoms. The molecule has 1 fully saturated rings. The van der Waals surface area contributed by atoms with Gasteiger partial charge in [0, 0.05) is 31.7 Å². The van der Waals surface area contributed by atoms with Crippen molar-refractivity contribution in [1.29, 1.82) is 0 Å². The van der Waals surface area contributed by atoms with Gasteiger partial charge in [-0.1, -0.05) is 6.07 Å². The first kappa shape index (κ1) is 12.6. The van der Waals surface area contributed by atoms with Crippen LogP contribution in [0.15, 0.2) is 54.0 Å². The van der Waals surface area contributed by atoms with E-state index in [0.29, 0.717) is 0 Å². The van der Waals surface area contributed by atoms with Gasteiger partial charge in [-0.25, -0.2) is 4.98 Å². The zero-order chi connectivity index (χ0) is 13.6. The zero-order valence-corrected chi connectivity index (χ0v) is 11.3. The van der Waals surface area contributed by atoms with Crippen LogP contribution in [0.1, 0.15) is 5.56 Å². The monoisotopic (exact) mass is 267 g/mol. The number of hydrogen-bond acceptors (Lipinski definition) is 5. The molecule has 1 aliphatic rings. The molecule has 2 aromatic rings. The van der Waals surface area contributed by atoms with Crippen LogP contribution in [0.5, 0.6) is 0 Å². The summed E-state index contributed by atoms with van der Waals surface area (Å²) >= 11 is 0. The second-order valence-electron chi connectivity index (χ2n) is 4.65. The minimum absolute atomic E-state index is 0.915. The molecule has 0 aliphatic carbocycles. The maximum atomic E-state index is 4.52. The number of aromatic nitrogens is 2. The predicted molar refractivity (Wildman–Crippen MR) is 79.9 cm³/mol. The molecule has 0 amide bonds. The van der Waals surface area contributed by atoms with Gasteiger partial charge in [-0.15, -0.1) is 0 Å². The predicted octanol–water partition coefficient (Wildman–Crippen LogP) is 1.63. The van der Waals surface area contributed by atoms with Crippen molar-refractivity contribution in [2.75, 3.05) is 31.1 Å². The SMILES string of the molecule is C(=N\N1CCN(c2ccccn2)CC1)/c1ccncc1. The Kier molecular flexibility index (Phi) is 3.87. The van der Waals surface area contributed by atoms with Crippen molar-refractivity contribution >= 4 is 12.0 Å². The van der Waals surface area contributed by atoms with E-state index in [9.17, 15) is 0 Å². The third-order valence-electron chi connectivity index (χ3n) is 3.31. The van der Waals surface area contributed by atoms with Crippen molar-refractivity contribution in [3.8, 4) is 0 Å². The first-order valence-corrected chi connectivity index (χ1v) is 6.77. The summed E-state index contributed by atoms with van der Waals surface area (Å²) < 4.78 is 0. The highest BCUT2D eigenvalue weighted by Crippen LogP contribution is 2.12. The van der Waals surface area contributed by atoms with Crippen LogP contribution < -0.4 is 4.90 Å². The summed E-state index contributed by atoms with van der Waals surface area (Å²) in [5.41, 5.74) is 1.08. The van der Waals surface area contributed by atoms with E-state index >= 15 is 0 Å². The van der Waals surface area contributed by atoms with Crippen molar-refractivity contribution in [2.24, 2.45) is 5.10 Å². The topological polar surface area (TPSA) is 44.6 Å². The highest BCUT2D eigenvalue weighted by Gasteiger charge is 2.15. The molecule has 5 nitrogen and oxygen atoms in total. The largest absolute Gasteiger partial charge is 0.353 e. The van der Waals surface area contributed by atoms with Crippen molar-refractivity contribution in [3.63, 3.8) is 0 Å². The summed E-state index contributed by atoms with van der Waals surface area (Å²) in [6.45, 7) is 3.73. The van der Waals surface area contributed by atoms with Crippen molar-refractivity contribution in [2.45, 2.75) is 0 Å². The van der Waals surface area contributed by atoms with Gasteiger partial charge >= 0.3 is 0 Å². The number of hydrazone groups is 1. The Morgan fingerprint density at radius 2 is 1.75 bits per heavy atom. The maximum Gasteiger partial charge on any atom is 0.128 e. The minimum Gasteiger partial charge on any atom is -0.353 e. The number of pyridine rings is 2. The summed E-state index contributed by atoms with van der Waals surface area (Å²) in [6.07, 6.45) is 7.28.